The minimum atomic E-state index is -4.14. The molecule has 1 amide bonds. The van der Waals surface area contributed by atoms with Crippen LogP contribution in [0.3, 0.4) is 0 Å². The monoisotopic (exact) mass is 583 g/mol. The molecule has 0 spiro atoms. The predicted molar refractivity (Wildman–Crippen MR) is 147 cm³/mol. The van der Waals surface area contributed by atoms with E-state index < -0.39 is 33.9 Å². The standard InChI is InChI=1S/C29H40F3N3O4S/c1-4-40(38,39)24-11-7-20(8-12-24)25(36)17-35-16-22(28(33)37)13-21-15-34(26(18(2)3)27(21)35)14-19-5-9-23(10-6-19)29(30,31)32/h7-8,11-13,18-19,23,25-26,36H,4-6,9-10,14-17H2,1-3H3,(H2,33,37)/t19?,23?,25?,26-/m1/s1. The van der Waals surface area contributed by atoms with Crippen molar-refractivity contribution < 1.29 is 31.5 Å². The summed E-state index contributed by atoms with van der Waals surface area (Å²) in [6.45, 7) is 7.42. The SMILES string of the molecule is CCS(=O)(=O)c1ccc(C(O)CN2CC(C(N)=O)=CC3=C2[C@@H](C(C)C)N(CC2CCC(C(F)(F)F)CC2)C3)cc1. The minimum Gasteiger partial charge on any atom is -0.387 e. The van der Waals surface area contributed by atoms with E-state index in [0.29, 0.717) is 37.1 Å². The average Bonchev–Trinajstić information content (AvgIpc) is 3.26. The molecular formula is C29H40F3N3O4S. The molecule has 1 aromatic rings. The minimum absolute atomic E-state index is 0.0152. The van der Waals surface area contributed by atoms with Crippen molar-refractivity contribution in [3.63, 3.8) is 0 Å². The number of benzene rings is 1. The van der Waals surface area contributed by atoms with Gasteiger partial charge >= 0.3 is 6.18 Å². The summed E-state index contributed by atoms with van der Waals surface area (Å²) < 4.78 is 63.9. The summed E-state index contributed by atoms with van der Waals surface area (Å²) in [5, 5.41) is 11.2. The van der Waals surface area contributed by atoms with E-state index in [4.69, 9.17) is 5.73 Å². The first-order valence-electron chi connectivity index (χ1n) is 14.0. The molecule has 1 saturated carbocycles. The predicted octanol–water partition coefficient (Wildman–Crippen LogP) is 4.20. The second kappa shape index (κ2) is 11.9. The maximum absolute atomic E-state index is 13.2. The Kier molecular flexibility index (Phi) is 9.06. The smallest absolute Gasteiger partial charge is 0.387 e. The Bertz CT molecular complexity index is 1250. The van der Waals surface area contributed by atoms with Crippen molar-refractivity contribution in [2.24, 2.45) is 23.5 Å². The normalized spacial score (nSPS) is 25.2. The van der Waals surface area contributed by atoms with Gasteiger partial charge in [-0.05, 0) is 66.9 Å². The Balaban J connectivity index is 1.53. The van der Waals surface area contributed by atoms with Crippen LogP contribution in [0.4, 0.5) is 13.2 Å². The van der Waals surface area contributed by atoms with Gasteiger partial charge in [-0.2, -0.15) is 13.2 Å². The molecule has 0 bridgehead atoms. The van der Waals surface area contributed by atoms with Crippen molar-refractivity contribution in [1.29, 1.82) is 0 Å². The number of carbonyl (C=O) groups is 1. The molecule has 1 unspecified atom stereocenters. The van der Waals surface area contributed by atoms with Crippen LogP contribution in [0.1, 0.15) is 58.1 Å². The van der Waals surface area contributed by atoms with Gasteiger partial charge in [0.25, 0.3) is 0 Å². The van der Waals surface area contributed by atoms with Crippen LogP contribution in [-0.2, 0) is 14.6 Å². The molecule has 3 N–H and O–H groups in total. The van der Waals surface area contributed by atoms with Gasteiger partial charge in [-0.25, -0.2) is 8.42 Å². The van der Waals surface area contributed by atoms with Crippen molar-refractivity contribution in [1.82, 2.24) is 9.80 Å². The summed E-state index contributed by atoms with van der Waals surface area (Å²) in [7, 11) is -3.36. The Morgan fingerprint density at radius 1 is 1.10 bits per heavy atom. The summed E-state index contributed by atoms with van der Waals surface area (Å²) in [4.78, 5) is 16.7. The van der Waals surface area contributed by atoms with Crippen molar-refractivity contribution in [3.8, 4) is 0 Å². The summed E-state index contributed by atoms with van der Waals surface area (Å²) in [6.07, 6.45) is -1.87. The second-order valence-electron chi connectivity index (χ2n) is 11.7. The first kappa shape index (κ1) is 30.6. The van der Waals surface area contributed by atoms with Crippen LogP contribution in [0.15, 0.2) is 52.1 Å². The van der Waals surface area contributed by atoms with Gasteiger partial charge in [0.2, 0.25) is 5.91 Å². The van der Waals surface area contributed by atoms with Crippen LogP contribution in [0.2, 0.25) is 0 Å². The first-order chi connectivity index (χ1) is 18.7. The number of aliphatic hydroxyl groups is 1. The number of amides is 1. The Morgan fingerprint density at radius 2 is 1.73 bits per heavy atom. The lowest BCUT2D eigenvalue weighted by Crippen LogP contribution is -2.45. The van der Waals surface area contributed by atoms with Crippen LogP contribution >= 0.6 is 0 Å². The highest BCUT2D eigenvalue weighted by Crippen LogP contribution is 2.42. The fraction of sp³-hybridized carbons (Fsp3) is 0.621. The third kappa shape index (κ3) is 6.57. The first-order valence-corrected chi connectivity index (χ1v) is 15.7. The number of hydrogen-bond donors (Lipinski definition) is 2. The molecule has 4 rings (SSSR count). The number of aliphatic hydroxyl groups excluding tert-OH is 1. The topological polar surface area (TPSA) is 104 Å². The van der Waals surface area contributed by atoms with Gasteiger partial charge in [0.1, 0.15) is 0 Å². The number of nitrogens with zero attached hydrogens (tertiary/aromatic N) is 2. The van der Waals surface area contributed by atoms with E-state index in [0.717, 1.165) is 11.3 Å². The molecule has 0 saturated heterocycles. The van der Waals surface area contributed by atoms with Gasteiger partial charge in [-0.3, -0.25) is 9.69 Å². The highest BCUT2D eigenvalue weighted by molar-refractivity contribution is 7.91. The Morgan fingerprint density at radius 3 is 2.25 bits per heavy atom. The molecule has 1 fully saturated rings. The fourth-order valence-corrected chi connectivity index (χ4v) is 7.31. The second-order valence-corrected chi connectivity index (χ2v) is 14.0. The third-order valence-electron chi connectivity index (χ3n) is 8.57. The molecule has 40 heavy (non-hydrogen) atoms. The number of β-amino-alcohol motifs (C(OH)–C–C–N with tert-alkyl or cyclic N) is 1. The van der Waals surface area contributed by atoms with E-state index >= 15 is 0 Å². The summed E-state index contributed by atoms with van der Waals surface area (Å²) >= 11 is 0. The zero-order valence-corrected chi connectivity index (χ0v) is 24.1. The van der Waals surface area contributed by atoms with E-state index in [1.807, 2.05) is 11.0 Å². The van der Waals surface area contributed by atoms with E-state index in [9.17, 15) is 31.5 Å². The maximum atomic E-state index is 13.2. The van der Waals surface area contributed by atoms with E-state index in [2.05, 4.69) is 18.7 Å². The summed E-state index contributed by atoms with van der Waals surface area (Å²) in [5.74, 6) is -1.43. The lowest BCUT2D eigenvalue weighted by Gasteiger charge is -2.40. The molecule has 1 aliphatic carbocycles. The van der Waals surface area contributed by atoms with Crippen molar-refractivity contribution in [2.45, 2.75) is 69.7 Å². The van der Waals surface area contributed by atoms with Gasteiger partial charge in [0.15, 0.2) is 9.84 Å². The van der Waals surface area contributed by atoms with Crippen LogP contribution in [0, 0.1) is 17.8 Å². The number of nitrogens with two attached hydrogens (primary N) is 1. The van der Waals surface area contributed by atoms with E-state index in [-0.39, 0.29) is 54.5 Å². The quantitative estimate of drug-likeness (QED) is 0.452. The molecule has 11 heteroatoms. The molecule has 2 atom stereocenters. The number of primary amides is 1. The fourth-order valence-electron chi connectivity index (χ4n) is 6.43. The van der Waals surface area contributed by atoms with Gasteiger partial charge < -0.3 is 15.7 Å². The number of sulfone groups is 1. The third-order valence-corrected chi connectivity index (χ3v) is 10.3. The molecule has 222 valence electrons. The van der Waals surface area contributed by atoms with Crippen LogP contribution in [0.5, 0.6) is 0 Å². The van der Waals surface area contributed by atoms with Gasteiger partial charge in [0, 0.05) is 37.4 Å². The molecule has 3 aliphatic rings. The van der Waals surface area contributed by atoms with E-state index in [1.54, 1.807) is 19.1 Å². The number of hydrogen-bond acceptors (Lipinski definition) is 6. The summed E-state index contributed by atoms with van der Waals surface area (Å²) in [6, 6.07) is 6.18. The molecule has 1 aromatic carbocycles. The van der Waals surface area contributed by atoms with Crippen molar-refractivity contribution in [3.05, 3.63) is 52.7 Å². The lowest BCUT2D eigenvalue weighted by molar-refractivity contribution is -0.184. The Labute approximate surface area is 234 Å². The summed E-state index contributed by atoms with van der Waals surface area (Å²) in [5.41, 5.74) is 8.62. The molecule has 0 aromatic heterocycles. The highest BCUT2D eigenvalue weighted by Gasteiger charge is 2.44. The van der Waals surface area contributed by atoms with Gasteiger partial charge in [-0.15, -0.1) is 0 Å². The molecule has 7 nitrogen and oxygen atoms in total. The Hall–Kier alpha value is -2.37. The molecular weight excluding hydrogens is 543 g/mol. The molecule has 0 radical (unpaired) electrons. The maximum Gasteiger partial charge on any atom is 0.391 e. The zero-order valence-electron chi connectivity index (χ0n) is 23.3. The van der Waals surface area contributed by atoms with E-state index in [1.165, 1.54) is 12.1 Å². The lowest BCUT2D eigenvalue weighted by atomic mass is 9.81. The molecule has 2 aliphatic heterocycles. The van der Waals surface area contributed by atoms with Crippen LogP contribution in [-0.4, -0.2) is 73.4 Å². The number of carbonyl (C=O) groups excluding carboxylic acids is 1. The average molecular weight is 584 g/mol. The number of halogens is 3. The largest absolute Gasteiger partial charge is 0.391 e. The van der Waals surface area contributed by atoms with Crippen LogP contribution in [0.25, 0.3) is 0 Å². The van der Waals surface area contributed by atoms with Gasteiger partial charge in [0.05, 0.1) is 28.7 Å². The highest BCUT2D eigenvalue weighted by atomic mass is 32.2. The zero-order chi connectivity index (χ0) is 29.4. The molecule has 2 heterocycles. The van der Waals surface area contributed by atoms with Crippen LogP contribution < -0.4 is 5.73 Å². The van der Waals surface area contributed by atoms with Crippen molar-refractivity contribution in [2.75, 3.05) is 31.9 Å². The van der Waals surface area contributed by atoms with Crippen molar-refractivity contribution >= 4 is 15.7 Å². The number of alkyl halides is 3. The number of rotatable bonds is 9. The van der Waals surface area contributed by atoms with Gasteiger partial charge in [-0.1, -0.05) is 32.9 Å².